The standard InChI is InChI=1S/C20H19FN6O/c21-16-6-2-1-5-15(16)20(28)27-13-11-26(12-14-27)19-9-8-18(24-25-19)23-17-7-3-4-10-22-17/h1-10H,11-14H2,(H,22,23,24). The third-order valence-electron chi connectivity index (χ3n) is 4.57. The highest BCUT2D eigenvalue weighted by atomic mass is 19.1. The van der Waals surface area contributed by atoms with Gasteiger partial charge in [0.25, 0.3) is 5.91 Å². The van der Waals surface area contributed by atoms with E-state index in [1.54, 1.807) is 23.2 Å². The van der Waals surface area contributed by atoms with Crippen LogP contribution in [0.1, 0.15) is 10.4 Å². The van der Waals surface area contributed by atoms with Gasteiger partial charge in [-0.15, -0.1) is 10.2 Å². The predicted molar refractivity (Wildman–Crippen MR) is 104 cm³/mol. The summed E-state index contributed by atoms with van der Waals surface area (Å²) in [6.45, 7) is 2.23. The van der Waals surface area contributed by atoms with Crippen LogP contribution in [0, 0.1) is 5.82 Å². The van der Waals surface area contributed by atoms with Crippen molar-refractivity contribution in [2.75, 3.05) is 36.4 Å². The van der Waals surface area contributed by atoms with Gasteiger partial charge in [-0.25, -0.2) is 9.37 Å². The summed E-state index contributed by atoms with van der Waals surface area (Å²) in [4.78, 5) is 20.4. The van der Waals surface area contributed by atoms with Crippen molar-refractivity contribution in [3.8, 4) is 0 Å². The van der Waals surface area contributed by atoms with E-state index < -0.39 is 5.82 Å². The number of carbonyl (C=O) groups excluding carboxylic acids is 1. The molecule has 1 aliphatic heterocycles. The predicted octanol–water partition coefficient (Wildman–Crippen LogP) is 2.72. The molecule has 2 aromatic heterocycles. The van der Waals surface area contributed by atoms with Crippen LogP contribution in [0.25, 0.3) is 0 Å². The lowest BCUT2D eigenvalue weighted by Gasteiger charge is -2.35. The van der Waals surface area contributed by atoms with Crippen molar-refractivity contribution in [2.45, 2.75) is 0 Å². The third-order valence-corrected chi connectivity index (χ3v) is 4.57. The Hall–Kier alpha value is -3.55. The molecule has 0 saturated carbocycles. The number of rotatable bonds is 4. The Labute approximate surface area is 161 Å². The summed E-state index contributed by atoms with van der Waals surface area (Å²) in [6, 6.07) is 15.4. The number of anilines is 3. The maximum atomic E-state index is 13.8. The fourth-order valence-corrected chi connectivity index (χ4v) is 3.07. The lowest BCUT2D eigenvalue weighted by atomic mass is 10.1. The first-order chi connectivity index (χ1) is 13.7. The number of hydrogen-bond donors (Lipinski definition) is 1. The van der Waals surface area contributed by atoms with Crippen LogP contribution >= 0.6 is 0 Å². The van der Waals surface area contributed by atoms with Gasteiger partial charge < -0.3 is 15.1 Å². The quantitative estimate of drug-likeness (QED) is 0.753. The highest BCUT2D eigenvalue weighted by molar-refractivity contribution is 5.94. The molecule has 1 amide bonds. The van der Waals surface area contributed by atoms with Gasteiger partial charge >= 0.3 is 0 Å². The summed E-state index contributed by atoms with van der Waals surface area (Å²) in [5.74, 6) is 1.28. The number of halogens is 1. The molecule has 1 fully saturated rings. The average molecular weight is 378 g/mol. The molecule has 28 heavy (non-hydrogen) atoms. The van der Waals surface area contributed by atoms with Crippen LogP contribution in [0.15, 0.2) is 60.8 Å². The first-order valence-electron chi connectivity index (χ1n) is 9.01. The Morgan fingerprint density at radius 3 is 2.36 bits per heavy atom. The van der Waals surface area contributed by atoms with Gasteiger partial charge in [0, 0.05) is 32.4 Å². The normalized spacial score (nSPS) is 14.0. The van der Waals surface area contributed by atoms with E-state index in [9.17, 15) is 9.18 Å². The van der Waals surface area contributed by atoms with Gasteiger partial charge in [0.1, 0.15) is 11.6 Å². The third kappa shape index (κ3) is 3.90. The van der Waals surface area contributed by atoms with Crippen LogP contribution in [-0.2, 0) is 0 Å². The zero-order chi connectivity index (χ0) is 19.3. The molecule has 0 radical (unpaired) electrons. The smallest absolute Gasteiger partial charge is 0.256 e. The van der Waals surface area contributed by atoms with Gasteiger partial charge in [-0.05, 0) is 36.4 Å². The van der Waals surface area contributed by atoms with E-state index in [2.05, 4.69) is 25.4 Å². The Balaban J connectivity index is 1.36. The fourth-order valence-electron chi connectivity index (χ4n) is 3.07. The summed E-state index contributed by atoms with van der Waals surface area (Å²) in [6.07, 6.45) is 1.70. The molecule has 0 spiro atoms. The lowest BCUT2D eigenvalue weighted by molar-refractivity contribution is 0.0742. The topological polar surface area (TPSA) is 74.2 Å². The maximum absolute atomic E-state index is 13.8. The number of carbonyl (C=O) groups is 1. The molecular weight excluding hydrogens is 359 g/mol. The number of aromatic nitrogens is 3. The Morgan fingerprint density at radius 2 is 1.68 bits per heavy atom. The summed E-state index contributed by atoms with van der Waals surface area (Å²) >= 11 is 0. The number of hydrogen-bond acceptors (Lipinski definition) is 6. The highest BCUT2D eigenvalue weighted by Gasteiger charge is 2.24. The SMILES string of the molecule is O=C(c1ccccc1F)N1CCN(c2ccc(Nc3ccccn3)nn2)CC1. The molecule has 7 nitrogen and oxygen atoms in total. The van der Waals surface area contributed by atoms with Crippen LogP contribution in [0.4, 0.5) is 21.8 Å². The van der Waals surface area contributed by atoms with Crippen LogP contribution in [0.2, 0.25) is 0 Å². The lowest BCUT2D eigenvalue weighted by Crippen LogP contribution is -2.49. The molecule has 0 aliphatic carbocycles. The molecule has 3 aromatic rings. The molecule has 1 N–H and O–H groups in total. The van der Waals surface area contributed by atoms with Gasteiger partial charge in [-0.3, -0.25) is 4.79 Å². The number of nitrogens with one attached hydrogen (secondary N) is 1. The molecule has 0 atom stereocenters. The van der Waals surface area contributed by atoms with E-state index in [0.29, 0.717) is 37.8 Å². The van der Waals surface area contributed by atoms with Gasteiger partial charge in [-0.2, -0.15) is 0 Å². The zero-order valence-electron chi connectivity index (χ0n) is 15.1. The van der Waals surface area contributed by atoms with Crippen molar-refractivity contribution in [3.05, 3.63) is 72.2 Å². The highest BCUT2D eigenvalue weighted by Crippen LogP contribution is 2.18. The van der Waals surface area contributed by atoms with Gasteiger partial charge in [0.2, 0.25) is 0 Å². The Bertz CT molecular complexity index is 942. The van der Waals surface area contributed by atoms with Crippen LogP contribution in [0.5, 0.6) is 0 Å². The Morgan fingerprint density at radius 1 is 0.893 bits per heavy atom. The molecule has 0 unspecified atom stereocenters. The van der Waals surface area contributed by atoms with Crippen LogP contribution < -0.4 is 10.2 Å². The molecule has 3 heterocycles. The summed E-state index contributed by atoms with van der Waals surface area (Å²) in [5, 5.41) is 11.5. The molecule has 0 bridgehead atoms. The number of nitrogens with zero attached hydrogens (tertiary/aromatic N) is 5. The molecule has 142 valence electrons. The minimum atomic E-state index is -0.489. The van der Waals surface area contributed by atoms with E-state index in [1.165, 1.54) is 12.1 Å². The maximum Gasteiger partial charge on any atom is 0.256 e. The Kier molecular flexibility index (Phi) is 5.09. The molecular formula is C20H19FN6O. The summed E-state index contributed by atoms with van der Waals surface area (Å²) in [5.41, 5.74) is 0.112. The molecule has 4 rings (SSSR count). The minimum absolute atomic E-state index is 0.112. The van der Waals surface area contributed by atoms with Crippen molar-refractivity contribution in [1.29, 1.82) is 0 Å². The van der Waals surface area contributed by atoms with E-state index in [0.717, 1.165) is 5.82 Å². The van der Waals surface area contributed by atoms with Gasteiger partial charge in [0.15, 0.2) is 11.6 Å². The largest absolute Gasteiger partial charge is 0.352 e. The van der Waals surface area contributed by atoms with Crippen molar-refractivity contribution < 1.29 is 9.18 Å². The molecule has 1 aromatic carbocycles. The van der Waals surface area contributed by atoms with E-state index in [-0.39, 0.29) is 11.5 Å². The van der Waals surface area contributed by atoms with E-state index in [1.807, 2.05) is 30.3 Å². The fraction of sp³-hybridized carbons (Fsp3) is 0.200. The number of pyridine rings is 1. The number of piperazine rings is 1. The minimum Gasteiger partial charge on any atom is -0.352 e. The first kappa shape index (κ1) is 17.8. The van der Waals surface area contributed by atoms with Crippen molar-refractivity contribution in [2.24, 2.45) is 0 Å². The second kappa shape index (κ2) is 7.99. The average Bonchev–Trinajstić information content (AvgIpc) is 2.75. The van der Waals surface area contributed by atoms with Crippen LogP contribution in [0.3, 0.4) is 0 Å². The monoisotopic (exact) mass is 378 g/mol. The zero-order valence-corrected chi connectivity index (χ0v) is 15.1. The first-order valence-corrected chi connectivity index (χ1v) is 9.01. The van der Waals surface area contributed by atoms with Gasteiger partial charge in [0.05, 0.1) is 5.56 Å². The van der Waals surface area contributed by atoms with Crippen molar-refractivity contribution in [3.63, 3.8) is 0 Å². The van der Waals surface area contributed by atoms with E-state index >= 15 is 0 Å². The second-order valence-electron chi connectivity index (χ2n) is 6.38. The summed E-state index contributed by atoms with van der Waals surface area (Å²) < 4.78 is 13.8. The molecule has 1 saturated heterocycles. The van der Waals surface area contributed by atoms with E-state index in [4.69, 9.17) is 0 Å². The van der Waals surface area contributed by atoms with Crippen LogP contribution in [-0.4, -0.2) is 52.2 Å². The second-order valence-corrected chi connectivity index (χ2v) is 6.38. The van der Waals surface area contributed by atoms with Crippen molar-refractivity contribution >= 4 is 23.4 Å². The van der Waals surface area contributed by atoms with Gasteiger partial charge in [-0.1, -0.05) is 18.2 Å². The number of amides is 1. The van der Waals surface area contributed by atoms with Crippen molar-refractivity contribution in [1.82, 2.24) is 20.1 Å². The molecule has 8 heteroatoms. The summed E-state index contributed by atoms with van der Waals surface area (Å²) in [7, 11) is 0. The number of benzene rings is 1. The molecule has 1 aliphatic rings.